The lowest BCUT2D eigenvalue weighted by molar-refractivity contribution is -0.137. The predicted octanol–water partition coefficient (Wildman–Crippen LogP) is 2.21. The Kier molecular flexibility index (Phi) is 2.66. The molecule has 0 aliphatic heterocycles. The Hall–Kier alpha value is -1.30. The van der Waals surface area contributed by atoms with Gasteiger partial charge in [0, 0.05) is 18.2 Å². The molecule has 4 saturated carbocycles. The van der Waals surface area contributed by atoms with E-state index in [1.54, 1.807) is 0 Å². The minimum atomic E-state index is 0.144. The Balaban J connectivity index is 1.69. The van der Waals surface area contributed by atoms with Crippen LogP contribution >= 0.6 is 0 Å². The summed E-state index contributed by atoms with van der Waals surface area (Å²) in [6.45, 7) is 0. The maximum absolute atomic E-state index is 12.1. The van der Waals surface area contributed by atoms with Crippen molar-refractivity contribution >= 4 is 5.91 Å². The van der Waals surface area contributed by atoms with Crippen LogP contribution in [0.25, 0.3) is 0 Å². The lowest BCUT2D eigenvalue weighted by atomic mass is 9.51. The third-order valence-corrected chi connectivity index (χ3v) is 4.91. The van der Waals surface area contributed by atoms with Crippen LogP contribution in [0.5, 0.6) is 0 Å². The second kappa shape index (κ2) is 4.18. The number of nitrogens with one attached hydrogen (secondary N) is 1. The summed E-state index contributed by atoms with van der Waals surface area (Å²) in [7, 11) is 0. The summed E-state index contributed by atoms with van der Waals surface area (Å²) in [6, 6.07) is 1.90. The molecule has 0 heterocycles. The van der Waals surface area contributed by atoms with Gasteiger partial charge < -0.3 is 5.32 Å². The van der Waals surface area contributed by atoms with Crippen LogP contribution in [0, 0.1) is 40.9 Å². The maximum Gasteiger partial charge on any atom is 0.227 e. The third kappa shape index (κ3) is 1.86. The summed E-state index contributed by atoms with van der Waals surface area (Å²) in [6.07, 6.45) is 9.25. The van der Waals surface area contributed by atoms with Crippen molar-refractivity contribution in [2.45, 2.75) is 32.1 Å². The lowest BCUT2D eigenvalue weighted by Gasteiger charge is -2.53. The highest BCUT2D eigenvalue weighted by atomic mass is 16.1. The van der Waals surface area contributed by atoms with Gasteiger partial charge in [-0.15, -0.1) is 0 Å². The highest BCUT2D eigenvalue weighted by Crippen LogP contribution is 2.56. The fraction of sp³-hybridized carbons (Fsp3) is 0.714. The van der Waals surface area contributed by atoms with E-state index in [0.717, 1.165) is 11.8 Å². The van der Waals surface area contributed by atoms with Crippen LogP contribution < -0.4 is 5.32 Å². The second-order valence-electron chi connectivity index (χ2n) is 5.93. The second-order valence-corrected chi connectivity index (χ2v) is 5.93. The summed E-state index contributed by atoms with van der Waals surface area (Å²) in [5.74, 6) is 3.38. The molecule has 17 heavy (non-hydrogen) atoms. The van der Waals surface area contributed by atoms with Crippen molar-refractivity contribution in [3.05, 3.63) is 12.3 Å². The van der Waals surface area contributed by atoms with Crippen molar-refractivity contribution in [3.8, 4) is 6.07 Å². The number of amides is 1. The fourth-order valence-corrected chi connectivity index (χ4v) is 4.61. The minimum absolute atomic E-state index is 0.144. The van der Waals surface area contributed by atoms with Gasteiger partial charge in [0.25, 0.3) is 0 Å². The molecule has 0 radical (unpaired) electrons. The smallest absolute Gasteiger partial charge is 0.227 e. The first-order valence-corrected chi connectivity index (χ1v) is 6.63. The number of nitriles is 1. The number of carbonyl (C=O) groups is 1. The molecule has 0 saturated heterocycles. The molecule has 0 unspecified atom stereocenters. The summed E-state index contributed by atoms with van der Waals surface area (Å²) >= 11 is 0. The first-order valence-electron chi connectivity index (χ1n) is 6.63. The van der Waals surface area contributed by atoms with Gasteiger partial charge in [-0.2, -0.15) is 5.26 Å². The fourth-order valence-electron chi connectivity index (χ4n) is 4.61. The molecule has 0 aromatic carbocycles. The molecule has 4 fully saturated rings. The van der Waals surface area contributed by atoms with Crippen LogP contribution in [0.4, 0.5) is 0 Å². The van der Waals surface area contributed by atoms with Gasteiger partial charge in [-0.25, -0.2) is 0 Å². The van der Waals surface area contributed by atoms with Crippen molar-refractivity contribution in [1.82, 2.24) is 5.32 Å². The van der Waals surface area contributed by atoms with Crippen LogP contribution in [0.1, 0.15) is 32.1 Å². The van der Waals surface area contributed by atoms with Gasteiger partial charge in [-0.05, 0) is 55.8 Å². The van der Waals surface area contributed by atoms with Crippen LogP contribution in [0.15, 0.2) is 12.3 Å². The molecule has 0 aromatic rings. The number of hydrogen-bond donors (Lipinski definition) is 1. The molecule has 0 aromatic heterocycles. The van der Waals surface area contributed by atoms with Gasteiger partial charge in [-0.1, -0.05) is 0 Å². The Morgan fingerprint density at radius 2 is 1.71 bits per heavy atom. The summed E-state index contributed by atoms with van der Waals surface area (Å²) in [4.78, 5) is 12.1. The molecule has 3 heteroatoms. The number of nitrogens with zero attached hydrogens (tertiary/aromatic N) is 1. The largest absolute Gasteiger partial charge is 0.332 e. The Morgan fingerprint density at radius 1 is 1.12 bits per heavy atom. The average molecular weight is 230 g/mol. The summed E-state index contributed by atoms with van der Waals surface area (Å²) < 4.78 is 0. The van der Waals surface area contributed by atoms with Crippen LogP contribution in [0.3, 0.4) is 0 Å². The Morgan fingerprint density at radius 3 is 2.24 bits per heavy atom. The van der Waals surface area contributed by atoms with E-state index in [4.69, 9.17) is 5.26 Å². The van der Waals surface area contributed by atoms with Gasteiger partial charge >= 0.3 is 0 Å². The minimum Gasteiger partial charge on any atom is -0.332 e. The van der Waals surface area contributed by atoms with Crippen LogP contribution in [0.2, 0.25) is 0 Å². The quantitative estimate of drug-likeness (QED) is 0.739. The molecule has 4 aliphatic rings. The third-order valence-electron chi connectivity index (χ3n) is 4.91. The molecule has 4 rings (SSSR count). The molecule has 90 valence electrons. The standard InChI is InChI=1S/C14H18N2O/c15-2-1-3-16-14(17)13-11-5-9-4-10(7-11)8-12(13)6-9/h1,3,9-13H,4-8H2,(H,16,17)/b3-1+. The molecule has 1 amide bonds. The van der Waals surface area contributed by atoms with E-state index in [-0.39, 0.29) is 11.8 Å². The maximum atomic E-state index is 12.1. The molecule has 4 aliphatic carbocycles. The highest BCUT2D eigenvalue weighted by molar-refractivity contribution is 5.80. The molecule has 3 nitrogen and oxygen atoms in total. The van der Waals surface area contributed by atoms with Crippen LogP contribution in [-0.4, -0.2) is 5.91 Å². The molecule has 0 spiro atoms. The van der Waals surface area contributed by atoms with Gasteiger partial charge in [0.05, 0.1) is 6.07 Å². The first kappa shape index (κ1) is 10.8. The zero-order chi connectivity index (χ0) is 11.8. The van der Waals surface area contributed by atoms with E-state index >= 15 is 0 Å². The molecular formula is C14H18N2O. The topological polar surface area (TPSA) is 52.9 Å². The van der Waals surface area contributed by atoms with Gasteiger partial charge in [-0.3, -0.25) is 4.79 Å². The Bertz CT molecular complexity index is 366. The molecular weight excluding hydrogens is 212 g/mol. The van der Waals surface area contributed by atoms with E-state index in [1.165, 1.54) is 44.4 Å². The number of rotatable bonds is 2. The molecule has 1 N–H and O–H groups in total. The van der Waals surface area contributed by atoms with Gasteiger partial charge in [0.1, 0.15) is 0 Å². The zero-order valence-electron chi connectivity index (χ0n) is 9.93. The SMILES string of the molecule is N#C/C=C/NC(=O)C1C2CC3CC(C2)CC1C3. The van der Waals surface area contributed by atoms with Crippen molar-refractivity contribution < 1.29 is 4.79 Å². The predicted molar refractivity (Wildman–Crippen MR) is 63.4 cm³/mol. The van der Waals surface area contributed by atoms with Crippen molar-refractivity contribution in [2.75, 3.05) is 0 Å². The van der Waals surface area contributed by atoms with E-state index in [1.807, 2.05) is 6.07 Å². The number of allylic oxidation sites excluding steroid dienone is 1. The van der Waals surface area contributed by atoms with E-state index in [0.29, 0.717) is 11.8 Å². The van der Waals surface area contributed by atoms with E-state index in [2.05, 4.69) is 5.32 Å². The lowest BCUT2D eigenvalue weighted by Crippen LogP contribution is -2.50. The summed E-state index contributed by atoms with van der Waals surface area (Å²) in [5, 5.41) is 11.2. The van der Waals surface area contributed by atoms with Crippen molar-refractivity contribution in [1.29, 1.82) is 5.26 Å². The highest BCUT2D eigenvalue weighted by Gasteiger charge is 2.50. The normalized spacial score (nSPS) is 42.6. The van der Waals surface area contributed by atoms with Crippen molar-refractivity contribution in [2.24, 2.45) is 29.6 Å². The number of carbonyl (C=O) groups excluding carboxylic acids is 1. The van der Waals surface area contributed by atoms with Gasteiger partial charge in [0.2, 0.25) is 5.91 Å². The molecule has 0 atom stereocenters. The number of hydrogen-bond acceptors (Lipinski definition) is 2. The van der Waals surface area contributed by atoms with E-state index < -0.39 is 0 Å². The Labute approximate surface area is 102 Å². The first-order chi connectivity index (χ1) is 8.28. The monoisotopic (exact) mass is 230 g/mol. The summed E-state index contributed by atoms with van der Waals surface area (Å²) in [5.41, 5.74) is 0. The molecule has 4 bridgehead atoms. The average Bonchev–Trinajstić information content (AvgIpc) is 2.27. The van der Waals surface area contributed by atoms with Crippen molar-refractivity contribution in [3.63, 3.8) is 0 Å². The van der Waals surface area contributed by atoms with E-state index in [9.17, 15) is 4.79 Å². The van der Waals surface area contributed by atoms with Crippen LogP contribution in [-0.2, 0) is 4.79 Å². The van der Waals surface area contributed by atoms with Gasteiger partial charge in [0.15, 0.2) is 0 Å². The zero-order valence-corrected chi connectivity index (χ0v) is 9.93.